The molecule has 0 saturated carbocycles. The maximum Gasteiger partial charge on any atom is 0.256 e. The zero-order valence-electron chi connectivity index (χ0n) is 12.4. The number of nitrogens with zero attached hydrogens (tertiary/aromatic N) is 3. The van der Waals surface area contributed by atoms with E-state index in [2.05, 4.69) is 10.1 Å². The molecule has 0 bridgehead atoms. The molecule has 1 aromatic heterocycles. The van der Waals surface area contributed by atoms with Gasteiger partial charge in [-0.2, -0.15) is 4.98 Å². The van der Waals surface area contributed by atoms with Gasteiger partial charge in [0.2, 0.25) is 11.7 Å². The molecule has 2 heterocycles. The third-order valence-electron chi connectivity index (χ3n) is 3.80. The summed E-state index contributed by atoms with van der Waals surface area (Å²) in [6, 6.07) is 7.06. The second-order valence-corrected chi connectivity index (χ2v) is 6.27. The third kappa shape index (κ3) is 3.28. The lowest BCUT2D eigenvalue weighted by molar-refractivity contribution is -0.130. The van der Waals surface area contributed by atoms with Crippen LogP contribution in [0, 0.1) is 0 Å². The minimum atomic E-state index is -1.08. The molecule has 1 unspecified atom stereocenters. The first-order chi connectivity index (χ1) is 11.1. The van der Waals surface area contributed by atoms with Crippen LogP contribution in [0.25, 0.3) is 11.4 Å². The molecule has 0 aliphatic carbocycles. The van der Waals surface area contributed by atoms with Gasteiger partial charge in [-0.3, -0.25) is 4.79 Å². The molecule has 8 heteroatoms. The average Bonchev–Trinajstić information content (AvgIpc) is 3.22. The van der Waals surface area contributed by atoms with Crippen LogP contribution in [-0.4, -0.2) is 39.4 Å². The predicted molar refractivity (Wildman–Crippen MR) is 85.5 cm³/mol. The summed E-state index contributed by atoms with van der Waals surface area (Å²) in [5.41, 5.74) is 0.809. The number of halogens is 2. The number of carbonyl (C=O) groups excluding carboxylic acids is 1. The van der Waals surface area contributed by atoms with Crippen molar-refractivity contribution >= 4 is 29.1 Å². The molecule has 6 nitrogen and oxygen atoms in total. The number of rotatable bonds is 4. The number of alkyl halides is 2. The largest absolute Gasteiger partial charge is 0.497 e. The van der Waals surface area contributed by atoms with Crippen molar-refractivity contribution in [1.29, 1.82) is 0 Å². The van der Waals surface area contributed by atoms with Crippen LogP contribution in [0.15, 0.2) is 28.8 Å². The van der Waals surface area contributed by atoms with Gasteiger partial charge in [0.25, 0.3) is 5.91 Å². The molecule has 0 N–H and O–H groups in total. The van der Waals surface area contributed by atoms with Crippen LogP contribution in [0.3, 0.4) is 0 Å². The molecular weight excluding hydrogens is 341 g/mol. The first-order valence-corrected chi connectivity index (χ1v) is 8.04. The van der Waals surface area contributed by atoms with E-state index >= 15 is 0 Å². The van der Waals surface area contributed by atoms with E-state index in [4.69, 9.17) is 32.5 Å². The lowest BCUT2D eigenvalue weighted by Crippen LogP contribution is -2.34. The minimum Gasteiger partial charge on any atom is -0.497 e. The Morgan fingerprint density at radius 1 is 1.39 bits per heavy atom. The summed E-state index contributed by atoms with van der Waals surface area (Å²) in [4.78, 5) is 17.0. The zero-order valence-corrected chi connectivity index (χ0v) is 13.9. The summed E-state index contributed by atoms with van der Waals surface area (Å²) in [7, 11) is 1.61. The summed E-state index contributed by atoms with van der Waals surface area (Å²) < 4.78 is 10.5. The summed E-state index contributed by atoms with van der Waals surface area (Å²) in [6.07, 6.45) is 1.59. The number of hydrogen-bond acceptors (Lipinski definition) is 5. The minimum absolute atomic E-state index is 0.276. The van der Waals surface area contributed by atoms with Crippen LogP contribution in [0.5, 0.6) is 5.75 Å². The molecule has 0 radical (unpaired) electrons. The van der Waals surface area contributed by atoms with Gasteiger partial charge in [-0.15, -0.1) is 0 Å². The number of benzene rings is 1. The van der Waals surface area contributed by atoms with E-state index in [-0.39, 0.29) is 11.9 Å². The van der Waals surface area contributed by atoms with E-state index in [1.54, 1.807) is 12.0 Å². The highest BCUT2D eigenvalue weighted by Gasteiger charge is 2.36. The topological polar surface area (TPSA) is 68.5 Å². The fourth-order valence-electron chi connectivity index (χ4n) is 2.64. The van der Waals surface area contributed by atoms with Crippen LogP contribution < -0.4 is 4.74 Å². The van der Waals surface area contributed by atoms with Crippen molar-refractivity contribution in [3.05, 3.63) is 30.2 Å². The number of hydrogen-bond donors (Lipinski definition) is 0. The van der Waals surface area contributed by atoms with E-state index in [0.29, 0.717) is 18.3 Å². The summed E-state index contributed by atoms with van der Waals surface area (Å²) in [5.74, 6) is 1.28. The van der Waals surface area contributed by atoms with E-state index in [1.807, 2.05) is 24.3 Å². The van der Waals surface area contributed by atoms with Crippen LogP contribution in [-0.2, 0) is 4.79 Å². The van der Waals surface area contributed by atoms with Gasteiger partial charge in [-0.25, -0.2) is 0 Å². The molecule has 1 atom stereocenters. The maximum atomic E-state index is 12.0. The zero-order chi connectivity index (χ0) is 16.4. The van der Waals surface area contributed by atoms with Gasteiger partial charge in [0, 0.05) is 12.1 Å². The Hall–Kier alpha value is -1.79. The Balaban J connectivity index is 1.81. The van der Waals surface area contributed by atoms with Gasteiger partial charge in [-0.1, -0.05) is 28.4 Å². The molecule has 1 saturated heterocycles. The summed E-state index contributed by atoms with van der Waals surface area (Å²) in [6.45, 7) is 0.583. The first-order valence-electron chi connectivity index (χ1n) is 7.17. The fraction of sp³-hybridized carbons (Fsp3) is 0.400. The molecule has 1 aliphatic heterocycles. The molecule has 23 heavy (non-hydrogen) atoms. The highest BCUT2D eigenvalue weighted by atomic mass is 35.5. The Labute approximate surface area is 143 Å². The SMILES string of the molecule is COc1ccc(-c2noc(C3CCCN3C(=O)C(Cl)Cl)n2)cc1. The predicted octanol–water partition coefficient (Wildman–Crippen LogP) is 3.21. The lowest BCUT2D eigenvalue weighted by atomic mass is 10.2. The average molecular weight is 356 g/mol. The van der Waals surface area contributed by atoms with Gasteiger partial charge >= 0.3 is 0 Å². The van der Waals surface area contributed by atoms with E-state index < -0.39 is 4.84 Å². The van der Waals surface area contributed by atoms with Crippen molar-refractivity contribution in [2.24, 2.45) is 0 Å². The standard InChI is InChI=1S/C15H15Cl2N3O3/c1-22-10-6-4-9(5-7-10)13-18-14(23-19-13)11-3-2-8-20(11)15(21)12(16)17/h4-7,11-12H,2-3,8H2,1H3. The molecule has 0 spiro atoms. The van der Waals surface area contributed by atoms with Crippen molar-refractivity contribution in [3.8, 4) is 17.1 Å². The third-order valence-corrected chi connectivity index (χ3v) is 4.17. The quantitative estimate of drug-likeness (QED) is 0.787. The van der Waals surface area contributed by atoms with Crippen LogP contribution in [0.2, 0.25) is 0 Å². The molecule has 1 aromatic carbocycles. The highest BCUT2D eigenvalue weighted by Crippen LogP contribution is 2.33. The maximum absolute atomic E-state index is 12.0. The smallest absolute Gasteiger partial charge is 0.256 e. The Kier molecular flexibility index (Phi) is 4.73. The monoisotopic (exact) mass is 355 g/mol. The molecular formula is C15H15Cl2N3O3. The molecule has 2 aromatic rings. The number of likely N-dealkylation sites (tertiary alicyclic amines) is 1. The molecule has 122 valence electrons. The van der Waals surface area contributed by atoms with Gasteiger partial charge in [0.1, 0.15) is 11.8 Å². The first kappa shape index (κ1) is 16.1. The van der Waals surface area contributed by atoms with E-state index in [0.717, 1.165) is 24.2 Å². The van der Waals surface area contributed by atoms with Gasteiger partial charge in [0.05, 0.1) is 7.11 Å². The van der Waals surface area contributed by atoms with Crippen molar-refractivity contribution < 1.29 is 14.1 Å². The van der Waals surface area contributed by atoms with Gasteiger partial charge in [0.15, 0.2) is 4.84 Å². The van der Waals surface area contributed by atoms with E-state index in [1.165, 1.54) is 0 Å². The summed E-state index contributed by atoms with van der Waals surface area (Å²) in [5, 5.41) is 3.99. The lowest BCUT2D eigenvalue weighted by Gasteiger charge is -2.22. The second-order valence-electron chi connectivity index (χ2n) is 5.18. The Morgan fingerprint density at radius 2 is 2.13 bits per heavy atom. The number of carbonyl (C=O) groups is 1. The molecule has 1 fully saturated rings. The number of aromatic nitrogens is 2. The number of methoxy groups -OCH3 is 1. The molecule has 1 amide bonds. The van der Waals surface area contributed by atoms with Crippen LogP contribution in [0.1, 0.15) is 24.8 Å². The normalized spacial score (nSPS) is 17.7. The fourth-order valence-corrected chi connectivity index (χ4v) is 2.89. The van der Waals surface area contributed by atoms with E-state index in [9.17, 15) is 4.79 Å². The Morgan fingerprint density at radius 3 is 2.78 bits per heavy atom. The van der Waals surface area contributed by atoms with Gasteiger partial charge in [-0.05, 0) is 37.1 Å². The number of amides is 1. The number of ether oxygens (including phenoxy) is 1. The van der Waals surface area contributed by atoms with Crippen molar-refractivity contribution in [3.63, 3.8) is 0 Å². The second kappa shape index (κ2) is 6.76. The molecule has 3 rings (SSSR count). The van der Waals surface area contributed by atoms with Gasteiger partial charge < -0.3 is 14.2 Å². The van der Waals surface area contributed by atoms with Crippen molar-refractivity contribution in [1.82, 2.24) is 15.0 Å². The molecule has 1 aliphatic rings. The Bertz CT molecular complexity index is 688. The summed E-state index contributed by atoms with van der Waals surface area (Å²) >= 11 is 11.4. The van der Waals surface area contributed by atoms with Crippen molar-refractivity contribution in [2.45, 2.75) is 23.7 Å². The van der Waals surface area contributed by atoms with Crippen molar-refractivity contribution in [2.75, 3.05) is 13.7 Å². The van der Waals surface area contributed by atoms with Crippen LogP contribution in [0.4, 0.5) is 0 Å². The highest BCUT2D eigenvalue weighted by molar-refractivity contribution is 6.53. The van der Waals surface area contributed by atoms with Crippen LogP contribution >= 0.6 is 23.2 Å².